The van der Waals surface area contributed by atoms with Crippen molar-refractivity contribution in [3.63, 3.8) is 0 Å². The lowest BCUT2D eigenvalue weighted by atomic mass is 10.2. The Labute approximate surface area is 104 Å². The molecule has 0 aromatic carbocycles. The van der Waals surface area contributed by atoms with Crippen molar-refractivity contribution < 1.29 is 29.3 Å². The number of ether oxygens (including phenoxy) is 1. The Balaban J connectivity index is 2.96. The zero-order valence-electron chi connectivity index (χ0n) is 10.3. The fourth-order valence-corrected chi connectivity index (χ4v) is 1.51. The number of amides is 1. The van der Waals surface area contributed by atoms with Gasteiger partial charge in [0.15, 0.2) is 12.1 Å². The number of aliphatic carboxylic acids is 2. The molecule has 0 aromatic heterocycles. The maximum absolute atomic E-state index is 11.8. The molecule has 0 aromatic rings. The van der Waals surface area contributed by atoms with Gasteiger partial charge in [0.25, 0.3) is 0 Å². The topological polar surface area (TPSA) is 104 Å². The summed E-state index contributed by atoms with van der Waals surface area (Å²) in [6.45, 7) is 4.83. The van der Waals surface area contributed by atoms with E-state index in [9.17, 15) is 14.4 Å². The van der Waals surface area contributed by atoms with Gasteiger partial charge in [-0.2, -0.15) is 0 Å². The van der Waals surface area contributed by atoms with Crippen LogP contribution in [0.4, 0.5) is 4.79 Å². The average molecular weight is 257 g/mol. The summed E-state index contributed by atoms with van der Waals surface area (Å²) in [7, 11) is 0. The van der Waals surface area contributed by atoms with Gasteiger partial charge in [-0.25, -0.2) is 14.4 Å². The van der Waals surface area contributed by atoms with Gasteiger partial charge in [0.05, 0.1) is 0 Å². The van der Waals surface area contributed by atoms with Crippen molar-refractivity contribution in [3.05, 3.63) is 12.2 Å². The van der Waals surface area contributed by atoms with E-state index in [1.54, 1.807) is 20.8 Å². The lowest BCUT2D eigenvalue weighted by Gasteiger charge is -2.29. The zero-order valence-corrected chi connectivity index (χ0v) is 10.3. The fourth-order valence-electron chi connectivity index (χ4n) is 1.51. The van der Waals surface area contributed by atoms with Gasteiger partial charge in [-0.15, -0.1) is 0 Å². The molecule has 7 heteroatoms. The number of carboxylic acids is 2. The first-order valence-corrected chi connectivity index (χ1v) is 5.29. The number of hydrogen-bond donors (Lipinski definition) is 2. The van der Waals surface area contributed by atoms with E-state index < -0.39 is 35.7 Å². The van der Waals surface area contributed by atoms with E-state index >= 15 is 0 Å². The molecular weight excluding hydrogens is 242 g/mol. The zero-order chi connectivity index (χ0) is 14.1. The predicted octanol–water partition coefficient (Wildman–Crippen LogP) is 0.700. The van der Waals surface area contributed by atoms with E-state index in [1.807, 2.05) is 0 Å². The van der Waals surface area contributed by atoms with Gasteiger partial charge in [-0.05, 0) is 20.8 Å². The predicted molar refractivity (Wildman–Crippen MR) is 60.1 cm³/mol. The van der Waals surface area contributed by atoms with Crippen LogP contribution in [0.1, 0.15) is 20.8 Å². The lowest BCUT2D eigenvalue weighted by Crippen LogP contribution is -2.50. The minimum Gasteiger partial charge on any atom is -0.479 e. The highest BCUT2D eigenvalue weighted by Gasteiger charge is 2.42. The van der Waals surface area contributed by atoms with E-state index in [-0.39, 0.29) is 0 Å². The van der Waals surface area contributed by atoms with Crippen LogP contribution in [0.3, 0.4) is 0 Å². The van der Waals surface area contributed by atoms with Crippen LogP contribution < -0.4 is 0 Å². The number of carboxylic acid groups (broad SMARTS) is 2. The molecule has 0 aliphatic carbocycles. The quantitative estimate of drug-likeness (QED) is 0.705. The van der Waals surface area contributed by atoms with Gasteiger partial charge in [0.1, 0.15) is 5.60 Å². The molecule has 0 radical (unpaired) electrons. The second-order valence-corrected chi connectivity index (χ2v) is 4.84. The molecule has 1 aliphatic heterocycles. The maximum Gasteiger partial charge on any atom is 0.412 e. The summed E-state index contributed by atoms with van der Waals surface area (Å²) in [4.78, 5) is 34.4. The SMILES string of the molecule is CC(C)(C)OC(=O)N1[C@@H](C(=O)O)C=C[C@H]1C(=O)O. The van der Waals surface area contributed by atoms with Crippen LogP contribution in [0.2, 0.25) is 0 Å². The molecule has 1 aliphatic rings. The third-order valence-electron chi connectivity index (χ3n) is 2.19. The van der Waals surface area contributed by atoms with Crippen molar-refractivity contribution in [1.82, 2.24) is 4.90 Å². The Bertz CT molecular complexity index is 384. The number of carbonyl (C=O) groups excluding carboxylic acids is 1. The standard InChI is InChI=1S/C11H15NO6/c1-11(2,3)18-10(17)12-6(8(13)14)4-5-7(12)9(15)16/h4-7H,1-3H3,(H,13,14)(H,15,16)/t6-,7+. The van der Waals surface area contributed by atoms with Gasteiger partial charge in [0.2, 0.25) is 0 Å². The maximum atomic E-state index is 11.8. The molecule has 2 N–H and O–H groups in total. The molecular formula is C11H15NO6. The number of nitrogens with zero attached hydrogens (tertiary/aromatic N) is 1. The van der Waals surface area contributed by atoms with Crippen molar-refractivity contribution in [2.24, 2.45) is 0 Å². The highest BCUT2D eigenvalue weighted by molar-refractivity contribution is 5.89. The number of hydrogen-bond acceptors (Lipinski definition) is 4. The third-order valence-corrected chi connectivity index (χ3v) is 2.19. The van der Waals surface area contributed by atoms with Crippen LogP contribution in [0.25, 0.3) is 0 Å². The summed E-state index contributed by atoms with van der Waals surface area (Å²) in [5.74, 6) is -2.61. The summed E-state index contributed by atoms with van der Waals surface area (Å²) >= 11 is 0. The van der Waals surface area contributed by atoms with E-state index in [0.717, 1.165) is 12.2 Å². The van der Waals surface area contributed by atoms with Gasteiger partial charge in [-0.1, -0.05) is 12.2 Å². The first kappa shape index (κ1) is 14.0. The van der Waals surface area contributed by atoms with Crippen LogP contribution in [-0.2, 0) is 14.3 Å². The first-order valence-electron chi connectivity index (χ1n) is 5.29. The van der Waals surface area contributed by atoms with Gasteiger partial charge in [0, 0.05) is 0 Å². The Morgan fingerprint density at radius 3 is 1.72 bits per heavy atom. The minimum atomic E-state index is -1.32. The highest BCUT2D eigenvalue weighted by atomic mass is 16.6. The molecule has 1 rings (SSSR count). The second kappa shape index (κ2) is 4.67. The molecule has 0 saturated heterocycles. The van der Waals surface area contributed by atoms with Crippen molar-refractivity contribution in [3.8, 4) is 0 Å². The summed E-state index contributed by atoms with van der Waals surface area (Å²) in [6, 6.07) is -2.64. The molecule has 0 bridgehead atoms. The van der Waals surface area contributed by atoms with Gasteiger partial charge < -0.3 is 14.9 Å². The molecule has 7 nitrogen and oxygen atoms in total. The third kappa shape index (κ3) is 2.99. The van der Waals surface area contributed by atoms with Crippen LogP contribution in [0.5, 0.6) is 0 Å². The molecule has 0 spiro atoms. The monoisotopic (exact) mass is 257 g/mol. The van der Waals surface area contributed by atoms with Crippen LogP contribution >= 0.6 is 0 Å². The van der Waals surface area contributed by atoms with Crippen LogP contribution in [0, 0.1) is 0 Å². The fraction of sp³-hybridized carbons (Fsp3) is 0.545. The lowest BCUT2D eigenvalue weighted by molar-refractivity contribution is -0.145. The molecule has 0 saturated carbocycles. The molecule has 0 fully saturated rings. The first-order chi connectivity index (χ1) is 8.13. The molecule has 18 heavy (non-hydrogen) atoms. The normalized spacial score (nSPS) is 22.9. The van der Waals surface area contributed by atoms with Crippen molar-refractivity contribution in [2.45, 2.75) is 38.5 Å². The van der Waals surface area contributed by atoms with Crippen LogP contribution in [0.15, 0.2) is 12.2 Å². The van der Waals surface area contributed by atoms with E-state index in [2.05, 4.69) is 0 Å². The molecule has 0 unspecified atom stereocenters. The Morgan fingerprint density at radius 2 is 1.44 bits per heavy atom. The van der Waals surface area contributed by atoms with E-state index in [0.29, 0.717) is 4.90 Å². The van der Waals surface area contributed by atoms with Gasteiger partial charge >= 0.3 is 18.0 Å². The van der Waals surface area contributed by atoms with Crippen LogP contribution in [-0.4, -0.2) is 50.8 Å². The molecule has 100 valence electrons. The summed E-state index contributed by atoms with van der Waals surface area (Å²) in [5, 5.41) is 17.9. The van der Waals surface area contributed by atoms with Gasteiger partial charge in [-0.3, -0.25) is 4.90 Å². The molecule has 1 heterocycles. The smallest absolute Gasteiger partial charge is 0.412 e. The van der Waals surface area contributed by atoms with E-state index in [4.69, 9.17) is 14.9 Å². The Morgan fingerprint density at radius 1 is 1.06 bits per heavy atom. The number of rotatable bonds is 2. The molecule has 2 atom stereocenters. The number of carbonyl (C=O) groups is 3. The minimum absolute atomic E-state index is 0.690. The highest BCUT2D eigenvalue weighted by Crippen LogP contribution is 2.21. The second-order valence-electron chi connectivity index (χ2n) is 4.84. The summed E-state index contributed by atoms with van der Waals surface area (Å²) in [6.07, 6.45) is 1.35. The molecule has 1 amide bonds. The summed E-state index contributed by atoms with van der Waals surface area (Å²) in [5.41, 5.74) is -0.828. The average Bonchev–Trinajstić information content (AvgIpc) is 2.58. The largest absolute Gasteiger partial charge is 0.479 e. The van der Waals surface area contributed by atoms with Crippen molar-refractivity contribution in [2.75, 3.05) is 0 Å². The van der Waals surface area contributed by atoms with Crippen molar-refractivity contribution in [1.29, 1.82) is 0 Å². The summed E-state index contributed by atoms with van der Waals surface area (Å²) < 4.78 is 5.00. The Hall–Kier alpha value is -2.05. The van der Waals surface area contributed by atoms with Crippen molar-refractivity contribution >= 4 is 18.0 Å². The Kier molecular flexibility index (Phi) is 3.64. The van der Waals surface area contributed by atoms with E-state index in [1.165, 1.54) is 0 Å².